The van der Waals surface area contributed by atoms with Gasteiger partial charge in [0, 0.05) is 19.6 Å². The van der Waals surface area contributed by atoms with Crippen molar-refractivity contribution in [2.75, 3.05) is 26.2 Å². The number of hydrogen-bond acceptors (Lipinski definition) is 6. The van der Waals surface area contributed by atoms with Crippen LogP contribution >= 0.6 is 0 Å². The Balaban J connectivity index is 2.40. The Labute approximate surface area is 94.8 Å². The fourth-order valence-electron chi connectivity index (χ4n) is 1.48. The van der Waals surface area contributed by atoms with Crippen LogP contribution in [0.25, 0.3) is 0 Å². The molecular formula is C10H18N2O4. The molecule has 0 aromatic rings. The van der Waals surface area contributed by atoms with Crippen molar-refractivity contribution < 1.29 is 19.2 Å². The minimum atomic E-state index is -0.532. The van der Waals surface area contributed by atoms with Gasteiger partial charge >= 0.3 is 12.4 Å². The average molecular weight is 230 g/mol. The number of hydrogen-bond donors (Lipinski definition) is 1. The Morgan fingerprint density at radius 3 is 3.12 bits per heavy atom. The molecule has 1 fully saturated rings. The lowest BCUT2D eigenvalue weighted by molar-refractivity contribution is -0.199. The van der Waals surface area contributed by atoms with Crippen molar-refractivity contribution in [3.05, 3.63) is 0 Å². The van der Waals surface area contributed by atoms with E-state index in [-0.39, 0.29) is 5.97 Å². The molecule has 1 atom stereocenters. The van der Waals surface area contributed by atoms with E-state index in [0.29, 0.717) is 32.7 Å². The SMILES string of the molecule is CCCCOC(=O)C1CNCCN1OC=O. The highest BCUT2D eigenvalue weighted by molar-refractivity contribution is 5.76. The molecule has 0 spiro atoms. The average Bonchev–Trinajstić information content (AvgIpc) is 2.30. The number of carbonyl (C=O) groups excluding carboxylic acids is 2. The molecule has 1 saturated heterocycles. The van der Waals surface area contributed by atoms with Crippen LogP contribution in [-0.2, 0) is 19.2 Å². The van der Waals surface area contributed by atoms with Gasteiger partial charge in [-0.2, -0.15) is 0 Å². The van der Waals surface area contributed by atoms with Crippen LogP contribution in [0, 0.1) is 0 Å². The van der Waals surface area contributed by atoms with Crippen LogP contribution in [-0.4, -0.2) is 49.8 Å². The number of esters is 1. The summed E-state index contributed by atoms with van der Waals surface area (Å²) in [4.78, 5) is 26.7. The lowest BCUT2D eigenvalue weighted by Crippen LogP contribution is -2.55. The van der Waals surface area contributed by atoms with Crippen molar-refractivity contribution in [1.82, 2.24) is 10.4 Å². The molecule has 6 nitrogen and oxygen atoms in total. The van der Waals surface area contributed by atoms with Crippen LogP contribution < -0.4 is 5.32 Å². The van der Waals surface area contributed by atoms with Crippen LogP contribution in [0.5, 0.6) is 0 Å². The lowest BCUT2D eigenvalue weighted by atomic mass is 10.2. The molecule has 0 amide bonds. The molecule has 1 aliphatic rings. The molecule has 1 aliphatic heterocycles. The highest BCUT2D eigenvalue weighted by Gasteiger charge is 2.31. The summed E-state index contributed by atoms with van der Waals surface area (Å²) < 4.78 is 5.08. The van der Waals surface area contributed by atoms with E-state index in [4.69, 9.17) is 9.57 Å². The van der Waals surface area contributed by atoms with E-state index in [1.807, 2.05) is 6.92 Å². The molecule has 1 rings (SSSR count). The fourth-order valence-corrected chi connectivity index (χ4v) is 1.48. The smallest absolute Gasteiger partial charge is 0.328 e. The Bertz CT molecular complexity index is 235. The van der Waals surface area contributed by atoms with Crippen LogP contribution in [0.4, 0.5) is 0 Å². The van der Waals surface area contributed by atoms with Gasteiger partial charge in [0.2, 0.25) is 0 Å². The largest absolute Gasteiger partial charge is 0.464 e. The van der Waals surface area contributed by atoms with E-state index >= 15 is 0 Å². The number of carbonyl (C=O) groups is 2. The molecular weight excluding hydrogens is 212 g/mol. The maximum Gasteiger partial charge on any atom is 0.328 e. The summed E-state index contributed by atoms with van der Waals surface area (Å²) in [5, 5.41) is 4.42. The summed E-state index contributed by atoms with van der Waals surface area (Å²) in [6.45, 7) is 4.40. The number of piperazine rings is 1. The molecule has 0 radical (unpaired) electrons. The Hall–Kier alpha value is -1.14. The molecule has 0 bridgehead atoms. The molecule has 0 saturated carbocycles. The first-order valence-corrected chi connectivity index (χ1v) is 5.54. The molecule has 0 aromatic carbocycles. The van der Waals surface area contributed by atoms with Crippen molar-refractivity contribution in [1.29, 1.82) is 0 Å². The predicted octanol–water partition coefficient (Wildman–Crippen LogP) is -0.308. The maximum absolute atomic E-state index is 11.7. The number of nitrogens with zero attached hydrogens (tertiary/aromatic N) is 1. The first-order valence-electron chi connectivity index (χ1n) is 5.54. The minimum absolute atomic E-state index is 0.331. The van der Waals surface area contributed by atoms with Gasteiger partial charge in [-0.3, -0.25) is 9.59 Å². The van der Waals surface area contributed by atoms with Gasteiger partial charge in [-0.1, -0.05) is 13.3 Å². The number of ether oxygens (including phenoxy) is 1. The number of hydroxylamine groups is 2. The van der Waals surface area contributed by atoms with E-state index < -0.39 is 6.04 Å². The Kier molecular flexibility index (Phi) is 5.81. The third-order valence-corrected chi connectivity index (χ3v) is 2.39. The zero-order valence-electron chi connectivity index (χ0n) is 9.48. The van der Waals surface area contributed by atoms with Crippen LogP contribution in [0.3, 0.4) is 0 Å². The standard InChI is InChI=1S/C10H18N2O4/c1-2-3-6-15-10(14)9-7-11-4-5-12(9)16-8-13/h8-9,11H,2-7H2,1H3. The third kappa shape index (κ3) is 3.79. The van der Waals surface area contributed by atoms with Gasteiger partial charge in [0.1, 0.15) is 0 Å². The quantitative estimate of drug-likeness (QED) is 0.383. The third-order valence-electron chi connectivity index (χ3n) is 2.39. The summed E-state index contributed by atoms with van der Waals surface area (Å²) in [7, 11) is 0. The van der Waals surface area contributed by atoms with Crippen LogP contribution in [0.1, 0.15) is 19.8 Å². The van der Waals surface area contributed by atoms with Gasteiger partial charge in [0.15, 0.2) is 6.04 Å². The molecule has 92 valence electrons. The van der Waals surface area contributed by atoms with E-state index in [1.54, 1.807) is 0 Å². The van der Waals surface area contributed by atoms with Gasteiger partial charge in [-0.15, -0.1) is 5.06 Å². The van der Waals surface area contributed by atoms with E-state index in [1.165, 1.54) is 5.06 Å². The van der Waals surface area contributed by atoms with E-state index in [9.17, 15) is 9.59 Å². The van der Waals surface area contributed by atoms with Gasteiger partial charge in [-0.25, -0.2) is 0 Å². The molecule has 0 aliphatic carbocycles. The predicted molar refractivity (Wildman–Crippen MR) is 56.4 cm³/mol. The second-order valence-electron chi connectivity index (χ2n) is 3.58. The first-order chi connectivity index (χ1) is 7.79. The maximum atomic E-state index is 11.7. The second kappa shape index (κ2) is 7.19. The summed E-state index contributed by atoms with van der Waals surface area (Å²) in [6.07, 6.45) is 1.82. The lowest BCUT2D eigenvalue weighted by Gasteiger charge is -2.31. The fraction of sp³-hybridized carbons (Fsp3) is 0.800. The Morgan fingerprint density at radius 1 is 1.62 bits per heavy atom. The Morgan fingerprint density at radius 2 is 2.44 bits per heavy atom. The highest BCUT2D eigenvalue weighted by Crippen LogP contribution is 2.05. The highest BCUT2D eigenvalue weighted by atomic mass is 16.7. The summed E-state index contributed by atoms with van der Waals surface area (Å²) in [6, 6.07) is -0.532. The molecule has 0 aromatic heterocycles. The zero-order chi connectivity index (χ0) is 11.8. The molecule has 1 unspecified atom stereocenters. The monoisotopic (exact) mass is 230 g/mol. The van der Waals surface area contributed by atoms with Gasteiger partial charge in [0.25, 0.3) is 0 Å². The van der Waals surface area contributed by atoms with E-state index in [2.05, 4.69) is 5.32 Å². The van der Waals surface area contributed by atoms with Crippen LogP contribution in [0.2, 0.25) is 0 Å². The molecule has 1 heterocycles. The van der Waals surface area contributed by atoms with Gasteiger partial charge < -0.3 is 14.9 Å². The van der Waals surface area contributed by atoms with Crippen molar-refractivity contribution >= 4 is 12.4 Å². The summed E-state index contributed by atoms with van der Waals surface area (Å²) in [5.41, 5.74) is 0. The minimum Gasteiger partial charge on any atom is -0.464 e. The normalized spacial score (nSPS) is 21.4. The zero-order valence-corrected chi connectivity index (χ0v) is 9.48. The molecule has 6 heteroatoms. The van der Waals surface area contributed by atoms with E-state index in [0.717, 1.165) is 12.8 Å². The molecule has 16 heavy (non-hydrogen) atoms. The van der Waals surface area contributed by atoms with Crippen LogP contribution in [0.15, 0.2) is 0 Å². The topological polar surface area (TPSA) is 67.9 Å². The van der Waals surface area contributed by atoms with Gasteiger partial charge in [0.05, 0.1) is 6.61 Å². The van der Waals surface area contributed by atoms with Crippen molar-refractivity contribution in [2.45, 2.75) is 25.8 Å². The number of rotatable bonds is 6. The number of unbranched alkanes of at least 4 members (excludes halogenated alkanes) is 1. The summed E-state index contributed by atoms with van der Waals surface area (Å²) in [5.74, 6) is -0.345. The molecule has 1 N–H and O–H groups in total. The van der Waals surface area contributed by atoms with Crippen molar-refractivity contribution in [3.8, 4) is 0 Å². The summed E-state index contributed by atoms with van der Waals surface area (Å²) >= 11 is 0. The van der Waals surface area contributed by atoms with Crippen molar-refractivity contribution in [2.24, 2.45) is 0 Å². The van der Waals surface area contributed by atoms with Gasteiger partial charge in [-0.05, 0) is 6.42 Å². The first kappa shape index (κ1) is 12.9. The number of nitrogens with one attached hydrogen (secondary N) is 1. The van der Waals surface area contributed by atoms with Crippen molar-refractivity contribution in [3.63, 3.8) is 0 Å². The second-order valence-corrected chi connectivity index (χ2v) is 3.58.